The lowest BCUT2D eigenvalue weighted by Gasteiger charge is -2.10. The second-order valence-corrected chi connectivity index (χ2v) is 5.00. The number of hydrogen-bond donors (Lipinski definition) is 1. The van der Waals surface area contributed by atoms with Gasteiger partial charge < -0.3 is 10.5 Å². The van der Waals surface area contributed by atoms with E-state index in [4.69, 9.17) is 10.5 Å². The molecule has 0 unspecified atom stereocenters. The van der Waals surface area contributed by atoms with Gasteiger partial charge in [-0.15, -0.1) is 0 Å². The first-order chi connectivity index (χ1) is 7.54. The molecule has 3 heteroatoms. The second kappa shape index (κ2) is 3.74. The molecule has 2 rings (SSSR count). The molecule has 1 aliphatic carbocycles. The number of halogens is 1. The van der Waals surface area contributed by atoms with Crippen molar-refractivity contribution in [3.05, 3.63) is 29.6 Å². The van der Waals surface area contributed by atoms with E-state index >= 15 is 0 Å². The lowest BCUT2D eigenvalue weighted by molar-refractivity contribution is 0.379. The second-order valence-electron chi connectivity index (χ2n) is 5.00. The van der Waals surface area contributed by atoms with Gasteiger partial charge in [0, 0.05) is 5.56 Å². The zero-order valence-electron chi connectivity index (χ0n) is 9.96. The van der Waals surface area contributed by atoms with E-state index in [1.807, 2.05) is 6.07 Å². The third kappa shape index (κ3) is 1.50. The molecule has 1 saturated carbocycles. The largest absolute Gasteiger partial charge is 0.493 e. The highest BCUT2D eigenvalue weighted by Gasteiger charge is 2.58. The molecule has 2 atom stereocenters. The molecule has 2 N–H and O–H groups in total. The predicted octanol–water partition coefficient (Wildman–Crippen LogP) is 2.53. The van der Waals surface area contributed by atoms with Gasteiger partial charge in [0.1, 0.15) is 0 Å². The number of methoxy groups -OCH3 is 1. The summed E-state index contributed by atoms with van der Waals surface area (Å²) >= 11 is 0. The van der Waals surface area contributed by atoms with Crippen LogP contribution in [0.25, 0.3) is 0 Å². The van der Waals surface area contributed by atoms with Crippen LogP contribution < -0.4 is 10.5 Å². The highest BCUT2D eigenvalue weighted by molar-refractivity contribution is 5.43. The van der Waals surface area contributed by atoms with Gasteiger partial charge in [-0.2, -0.15) is 0 Å². The maximum atomic E-state index is 13.6. The molecule has 0 bridgehead atoms. The Labute approximate surface area is 95.6 Å². The number of rotatable bonds is 3. The van der Waals surface area contributed by atoms with E-state index in [0.717, 1.165) is 5.56 Å². The van der Waals surface area contributed by atoms with Crippen molar-refractivity contribution in [1.82, 2.24) is 0 Å². The number of nitrogens with two attached hydrogens (primary N) is 1. The first kappa shape index (κ1) is 11.4. The summed E-state index contributed by atoms with van der Waals surface area (Å²) in [7, 11) is 1.51. The highest BCUT2D eigenvalue weighted by Crippen LogP contribution is 2.65. The summed E-state index contributed by atoms with van der Waals surface area (Å²) in [4.78, 5) is 0. The molecular formula is C13H18FNO. The molecule has 88 valence electrons. The Hall–Kier alpha value is -1.09. The Balaban J connectivity index is 2.39. The van der Waals surface area contributed by atoms with Crippen LogP contribution in [0.3, 0.4) is 0 Å². The first-order valence-electron chi connectivity index (χ1n) is 5.56. The molecule has 0 amide bonds. The van der Waals surface area contributed by atoms with Crippen LogP contribution in [0, 0.1) is 17.2 Å². The molecular weight excluding hydrogens is 205 g/mol. The van der Waals surface area contributed by atoms with Crippen LogP contribution in [0.15, 0.2) is 18.2 Å². The van der Waals surface area contributed by atoms with Crippen LogP contribution in [-0.2, 0) is 0 Å². The molecule has 16 heavy (non-hydrogen) atoms. The molecule has 1 aliphatic rings. The van der Waals surface area contributed by atoms with Crippen molar-refractivity contribution in [3.8, 4) is 5.75 Å². The summed E-state index contributed by atoms with van der Waals surface area (Å²) in [6.07, 6.45) is 0. The average molecular weight is 223 g/mol. The smallest absolute Gasteiger partial charge is 0.165 e. The molecule has 0 saturated heterocycles. The Morgan fingerprint density at radius 3 is 2.62 bits per heavy atom. The van der Waals surface area contributed by atoms with Gasteiger partial charge in [-0.25, -0.2) is 4.39 Å². The zero-order valence-corrected chi connectivity index (χ0v) is 9.96. The van der Waals surface area contributed by atoms with E-state index in [-0.39, 0.29) is 11.2 Å². The molecule has 1 aromatic rings. The van der Waals surface area contributed by atoms with Gasteiger partial charge in [0.15, 0.2) is 11.6 Å². The van der Waals surface area contributed by atoms with Gasteiger partial charge in [0.25, 0.3) is 0 Å². The Bertz CT molecular complexity index is 403. The fourth-order valence-electron chi connectivity index (χ4n) is 2.79. The number of ether oxygens (including phenoxy) is 1. The maximum Gasteiger partial charge on any atom is 0.165 e. The third-order valence-corrected chi connectivity index (χ3v) is 3.84. The molecule has 1 aromatic carbocycles. The van der Waals surface area contributed by atoms with Gasteiger partial charge in [0.2, 0.25) is 0 Å². The van der Waals surface area contributed by atoms with Gasteiger partial charge in [-0.05, 0) is 29.9 Å². The van der Waals surface area contributed by atoms with Crippen LogP contribution in [0.5, 0.6) is 5.75 Å². The monoisotopic (exact) mass is 223 g/mol. The average Bonchev–Trinajstić information content (AvgIpc) is 2.79. The van der Waals surface area contributed by atoms with Gasteiger partial charge in [0.05, 0.1) is 7.11 Å². The standard InChI is InChI=1S/C13H18FNO/c1-13(2)9(7-15)11(13)8-5-4-6-10(14)12(8)16-3/h4-6,9,11H,7,15H2,1-3H3/t9-,11-/m0/s1. The fraction of sp³-hybridized carbons (Fsp3) is 0.538. The van der Waals surface area contributed by atoms with Gasteiger partial charge in [-0.3, -0.25) is 0 Å². The molecule has 2 nitrogen and oxygen atoms in total. The Morgan fingerprint density at radius 2 is 2.12 bits per heavy atom. The van der Waals surface area contributed by atoms with Gasteiger partial charge in [-0.1, -0.05) is 26.0 Å². The first-order valence-corrected chi connectivity index (χ1v) is 5.56. The molecule has 0 radical (unpaired) electrons. The highest BCUT2D eigenvalue weighted by atomic mass is 19.1. The lowest BCUT2D eigenvalue weighted by atomic mass is 10.0. The van der Waals surface area contributed by atoms with Crippen molar-refractivity contribution in [2.45, 2.75) is 19.8 Å². The summed E-state index contributed by atoms with van der Waals surface area (Å²) in [5.41, 5.74) is 6.83. The molecule has 0 aromatic heterocycles. The van der Waals surface area contributed by atoms with Crippen molar-refractivity contribution >= 4 is 0 Å². The van der Waals surface area contributed by atoms with E-state index in [1.54, 1.807) is 6.07 Å². The maximum absolute atomic E-state index is 13.6. The van der Waals surface area contributed by atoms with E-state index < -0.39 is 0 Å². The SMILES string of the molecule is COc1c(F)cccc1[C@H]1[C@H](CN)C1(C)C. The minimum absolute atomic E-state index is 0.149. The van der Waals surface area contributed by atoms with Crippen molar-refractivity contribution in [2.24, 2.45) is 17.1 Å². The summed E-state index contributed by atoms with van der Waals surface area (Å²) in [6.45, 7) is 4.97. The Kier molecular flexibility index (Phi) is 2.66. The number of hydrogen-bond acceptors (Lipinski definition) is 2. The van der Waals surface area contributed by atoms with E-state index in [1.165, 1.54) is 13.2 Å². The van der Waals surface area contributed by atoms with Crippen LogP contribution in [-0.4, -0.2) is 13.7 Å². The summed E-state index contributed by atoms with van der Waals surface area (Å²) < 4.78 is 18.7. The Morgan fingerprint density at radius 1 is 1.44 bits per heavy atom. The topological polar surface area (TPSA) is 35.2 Å². The van der Waals surface area contributed by atoms with E-state index in [0.29, 0.717) is 24.1 Å². The predicted molar refractivity (Wildman–Crippen MR) is 62.0 cm³/mol. The number of benzene rings is 1. The van der Waals surface area contributed by atoms with Crippen molar-refractivity contribution in [3.63, 3.8) is 0 Å². The van der Waals surface area contributed by atoms with Crippen molar-refractivity contribution in [1.29, 1.82) is 0 Å². The normalized spacial score (nSPS) is 26.6. The molecule has 0 heterocycles. The summed E-state index contributed by atoms with van der Waals surface area (Å²) in [5, 5.41) is 0. The van der Waals surface area contributed by atoms with Crippen molar-refractivity contribution in [2.75, 3.05) is 13.7 Å². The lowest BCUT2D eigenvalue weighted by Crippen LogP contribution is -2.05. The van der Waals surface area contributed by atoms with Crippen LogP contribution in [0.1, 0.15) is 25.3 Å². The molecule has 1 fully saturated rings. The quantitative estimate of drug-likeness (QED) is 0.854. The van der Waals surface area contributed by atoms with Crippen LogP contribution in [0.4, 0.5) is 4.39 Å². The minimum atomic E-state index is -0.293. The van der Waals surface area contributed by atoms with Crippen molar-refractivity contribution < 1.29 is 9.13 Å². The third-order valence-electron chi connectivity index (χ3n) is 3.84. The van der Waals surface area contributed by atoms with Gasteiger partial charge >= 0.3 is 0 Å². The van der Waals surface area contributed by atoms with Crippen LogP contribution >= 0.6 is 0 Å². The van der Waals surface area contributed by atoms with E-state index in [2.05, 4.69) is 13.8 Å². The molecule has 0 spiro atoms. The van der Waals surface area contributed by atoms with E-state index in [9.17, 15) is 4.39 Å². The van der Waals surface area contributed by atoms with Crippen LogP contribution in [0.2, 0.25) is 0 Å². The zero-order chi connectivity index (χ0) is 11.9. The summed E-state index contributed by atoms with van der Waals surface area (Å²) in [5.74, 6) is 0.807. The minimum Gasteiger partial charge on any atom is -0.493 e. The number of para-hydroxylation sites is 1. The fourth-order valence-corrected chi connectivity index (χ4v) is 2.79. The summed E-state index contributed by atoms with van der Waals surface area (Å²) in [6, 6.07) is 5.09. The molecule has 0 aliphatic heterocycles.